The zero-order chi connectivity index (χ0) is 17.2. The topological polar surface area (TPSA) is 36.7 Å². The number of rotatable bonds is 4. The van der Waals surface area contributed by atoms with E-state index < -0.39 is 0 Å². The molecule has 1 amide bonds. The van der Waals surface area contributed by atoms with E-state index >= 15 is 0 Å². The number of hydrogen-bond donors (Lipinski definition) is 0. The number of benzene rings is 1. The average molecular weight is 377 g/mol. The lowest BCUT2D eigenvalue weighted by molar-refractivity contribution is -0.133. The van der Waals surface area contributed by atoms with Crippen molar-refractivity contribution < 1.29 is 9.21 Å². The molecule has 1 aromatic heterocycles. The molecule has 1 aliphatic heterocycles. The maximum absolute atomic E-state index is 13.0. The van der Waals surface area contributed by atoms with Crippen LogP contribution in [-0.4, -0.2) is 47.9 Å². The van der Waals surface area contributed by atoms with Crippen molar-refractivity contribution in [2.75, 3.05) is 20.1 Å². The molecular weight excluding hydrogens is 348 g/mol. The average Bonchev–Trinajstić information content (AvgIpc) is 3.33. The molecule has 0 bridgehead atoms. The Morgan fingerprint density at radius 2 is 1.92 bits per heavy atom. The van der Waals surface area contributed by atoms with Gasteiger partial charge < -0.3 is 9.32 Å². The van der Waals surface area contributed by atoms with Crippen molar-refractivity contribution in [1.82, 2.24) is 9.80 Å². The maximum Gasteiger partial charge on any atom is 0.227 e. The van der Waals surface area contributed by atoms with Gasteiger partial charge in [-0.05, 0) is 56.5 Å². The van der Waals surface area contributed by atoms with Gasteiger partial charge in [-0.2, -0.15) is 0 Å². The molecule has 4 nitrogen and oxygen atoms in total. The number of likely N-dealkylation sites (tertiary alicyclic amines) is 1. The van der Waals surface area contributed by atoms with Crippen molar-refractivity contribution in [2.24, 2.45) is 0 Å². The third-order valence-electron chi connectivity index (χ3n) is 6.12. The third-order valence-corrected chi connectivity index (χ3v) is 6.12. The summed E-state index contributed by atoms with van der Waals surface area (Å²) < 4.78 is 5.47. The lowest BCUT2D eigenvalue weighted by atomic mass is 9.88. The Labute approximate surface area is 161 Å². The summed E-state index contributed by atoms with van der Waals surface area (Å²) in [6, 6.07) is 8.85. The van der Waals surface area contributed by atoms with Gasteiger partial charge in [-0.3, -0.25) is 9.69 Å². The molecule has 142 valence electrons. The van der Waals surface area contributed by atoms with Crippen LogP contribution in [-0.2, 0) is 11.2 Å². The van der Waals surface area contributed by atoms with Gasteiger partial charge in [0.2, 0.25) is 5.91 Å². The molecule has 0 spiro atoms. The fourth-order valence-electron chi connectivity index (χ4n) is 4.73. The normalized spacial score (nSPS) is 23.7. The molecule has 0 radical (unpaired) electrons. The Bertz CT molecular complexity index is 738. The number of carbonyl (C=O) groups is 1. The van der Waals surface area contributed by atoms with Crippen LogP contribution in [0.15, 0.2) is 34.9 Å². The highest BCUT2D eigenvalue weighted by Gasteiger charge is 2.35. The molecule has 0 unspecified atom stereocenters. The fraction of sp³-hybridized carbons (Fsp3) is 0.571. The second-order valence-electron chi connectivity index (χ2n) is 7.59. The minimum absolute atomic E-state index is 0. The molecular formula is C21H29ClN2O2. The van der Waals surface area contributed by atoms with Gasteiger partial charge >= 0.3 is 0 Å². The first-order valence-corrected chi connectivity index (χ1v) is 9.69. The van der Waals surface area contributed by atoms with E-state index in [1.54, 1.807) is 6.26 Å². The highest BCUT2D eigenvalue weighted by molar-refractivity contribution is 5.87. The third kappa shape index (κ3) is 3.77. The van der Waals surface area contributed by atoms with Gasteiger partial charge in [0.25, 0.3) is 0 Å². The number of hydrogen-bond acceptors (Lipinski definition) is 3. The van der Waals surface area contributed by atoms with Crippen molar-refractivity contribution in [3.05, 3.63) is 36.1 Å². The van der Waals surface area contributed by atoms with Gasteiger partial charge in [-0.25, -0.2) is 0 Å². The molecule has 1 saturated heterocycles. The van der Waals surface area contributed by atoms with Crippen LogP contribution in [0.4, 0.5) is 0 Å². The monoisotopic (exact) mass is 376 g/mol. The molecule has 2 atom stereocenters. The summed E-state index contributed by atoms with van der Waals surface area (Å²) in [5.41, 5.74) is 1.93. The molecule has 0 N–H and O–H groups in total. The number of likely N-dealkylation sites (N-methyl/N-ethyl adjacent to an activating group) is 1. The molecule has 26 heavy (non-hydrogen) atoms. The number of amides is 1. The predicted octanol–water partition coefficient (Wildman–Crippen LogP) is 4.26. The molecule has 1 saturated carbocycles. The summed E-state index contributed by atoms with van der Waals surface area (Å²) >= 11 is 0. The highest BCUT2D eigenvalue weighted by atomic mass is 35.5. The van der Waals surface area contributed by atoms with E-state index in [1.807, 2.05) is 36.2 Å². The Hall–Kier alpha value is -1.52. The Morgan fingerprint density at radius 1 is 1.15 bits per heavy atom. The van der Waals surface area contributed by atoms with E-state index in [9.17, 15) is 4.79 Å². The summed E-state index contributed by atoms with van der Waals surface area (Å²) in [7, 11) is 2.01. The molecule has 2 aliphatic rings. The Kier molecular flexibility index (Phi) is 6.25. The second-order valence-corrected chi connectivity index (χ2v) is 7.59. The van der Waals surface area contributed by atoms with Gasteiger partial charge in [0.1, 0.15) is 5.58 Å². The lowest BCUT2D eigenvalue weighted by Crippen LogP contribution is -2.53. The number of nitrogens with zero attached hydrogens (tertiary/aromatic N) is 2. The first kappa shape index (κ1) is 19.2. The van der Waals surface area contributed by atoms with E-state index in [0.29, 0.717) is 18.5 Å². The van der Waals surface area contributed by atoms with Crippen LogP contribution in [0.25, 0.3) is 11.0 Å². The maximum atomic E-state index is 13.0. The van der Waals surface area contributed by atoms with Crippen LogP contribution in [0, 0.1) is 0 Å². The molecule has 1 aliphatic carbocycles. The first-order chi connectivity index (χ1) is 12.2. The van der Waals surface area contributed by atoms with Crippen LogP contribution in [0.5, 0.6) is 0 Å². The zero-order valence-corrected chi connectivity index (χ0v) is 16.3. The molecule has 4 rings (SSSR count). The smallest absolute Gasteiger partial charge is 0.227 e. The van der Waals surface area contributed by atoms with E-state index in [4.69, 9.17) is 4.42 Å². The van der Waals surface area contributed by atoms with Gasteiger partial charge in [-0.1, -0.05) is 25.0 Å². The minimum atomic E-state index is 0. The standard InChI is InChI=1S/C21H28N2O2.ClH/c1-22(18-8-2-3-9-19(18)23-12-4-5-13-23)21(24)15-16-7-6-10-20-17(16)11-14-25-20;/h6-7,10-11,14,18-19H,2-5,8-9,12-13,15H2,1H3;1H/t18-,19-;/m1./s1. The quantitative estimate of drug-likeness (QED) is 0.799. The second kappa shape index (κ2) is 8.45. The minimum Gasteiger partial charge on any atom is -0.464 e. The van der Waals surface area contributed by atoms with Crippen LogP contribution in [0.1, 0.15) is 44.1 Å². The Morgan fingerprint density at radius 3 is 2.73 bits per heavy atom. The molecule has 2 aromatic rings. The van der Waals surface area contributed by atoms with Crippen molar-refractivity contribution in [3.63, 3.8) is 0 Å². The van der Waals surface area contributed by atoms with Gasteiger partial charge in [-0.15, -0.1) is 12.4 Å². The molecule has 2 heterocycles. The van der Waals surface area contributed by atoms with Crippen LogP contribution >= 0.6 is 12.4 Å². The summed E-state index contributed by atoms with van der Waals surface area (Å²) in [5.74, 6) is 0.227. The number of carbonyl (C=O) groups excluding carboxylic acids is 1. The van der Waals surface area contributed by atoms with Crippen LogP contribution in [0.3, 0.4) is 0 Å². The van der Waals surface area contributed by atoms with Crippen LogP contribution < -0.4 is 0 Å². The molecule has 2 fully saturated rings. The number of fused-ring (bicyclic) bond motifs is 1. The van der Waals surface area contributed by atoms with E-state index in [1.165, 1.54) is 45.2 Å². The molecule has 5 heteroatoms. The predicted molar refractivity (Wildman–Crippen MR) is 107 cm³/mol. The van der Waals surface area contributed by atoms with E-state index in [0.717, 1.165) is 23.0 Å². The number of furan rings is 1. The van der Waals surface area contributed by atoms with Crippen LogP contribution in [0.2, 0.25) is 0 Å². The van der Waals surface area contributed by atoms with Gasteiger partial charge in [0.05, 0.1) is 12.7 Å². The SMILES string of the molecule is CN(C(=O)Cc1cccc2occc12)[C@@H]1CCCC[C@H]1N1CCCC1.Cl. The summed E-state index contributed by atoms with van der Waals surface area (Å²) in [6.07, 6.45) is 9.69. The summed E-state index contributed by atoms with van der Waals surface area (Å²) in [4.78, 5) is 17.7. The van der Waals surface area contributed by atoms with Crippen molar-refractivity contribution in [3.8, 4) is 0 Å². The van der Waals surface area contributed by atoms with E-state index in [-0.39, 0.29) is 18.3 Å². The lowest BCUT2D eigenvalue weighted by Gasteiger charge is -2.42. The highest BCUT2D eigenvalue weighted by Crippen LogP contribution is 2.30. The Balaban J connectivity index is 0.00000196. The van der Waals surface area contributed by atoms with Crippen molar-refractivity contribution in [2.45, 2.75) is 57.0 Å². The van der Waals surface area contributed by atoms with Crippen molar-refractivity contribution in [1.29, 1.82) is 0 Å². The molecule has 1 aromatic carbocycles. The number of halogens is 1. The van der Waals surface area contributed by atoms with E-state index in [2.05, 4.69) is 4.90 Å². The first-order valence-electron chi connectivity index (χ1n) is 9.69. The van der Waals surface area contributed by atoms with Crippen molar-refractivity contribution >= 4 is 29.3 Å². The summed E-state index contributed by atoms with van der Waals surface area (Å²) in [5, 5.41) is 1.06. The zero-order valence-electron chi connectivity index (χ0n) is 15.5. The largest absolute Gasteiger partial charge is 0.464 e. The van der Waals surface area contributed by atoms with Gasteiger partial charge in [0.15, 0.2) is 0 Å². The van der Waals surface area contributed by atoms with Gasteiger partial charge in [0, 0.05) is 24.5 Å². The summed E-state index contributed by atoms with van der Waals surface area (Å²) in [6.45, 7) is 2.41. The fourth-order valence-corrected chi connectivity index (χ4v) is 4.73.